The van der Waals surface area contributed by atoms with Crippen molar-refractivity contribution in [2.45, 2.75) is 40.0 Å². The second-order valence-corrected chi connectivity index (χ2v) is 7.47. The summed E-state index contributed by atoms with van der Waals surface area (Å²) in [6, 6.07) is 12.3. The van der Waals surface area contributed by atoms with Gasteiger partial charge in [-0.2, -0.15) is 4.98 Å². The highest BCUT2D eigenvalue weighted by Gasteiger charge is 2.35. The Hall–Kier alpha value is -2.95. The number of anilines is 1. The third-order valence-corrected chi connectivity index (χ3v) is 5.19. The van der Waals surface area contributed by atoms with Crippen LogP contribution in [0.15, 0.2) is 40.9 Å². The third kappa shape index (κ3) is 3.25. The predicted molar refractivity (Wildman–Crippen MR) is 105 cm³/mol. The van der Waals surface area contributed by atoms with Gasteiger partial charge < -0.3 is 9.42 Å². The second kappa shape index (κ2) is 6.65. The lowest BCUT2D eigenvalue weighted by Crippen LogP contribution is -2.25. The summed E-state index contributed by atoms with van der Waals surface area (Å²) in [5, 5.41) is 4.17. The van der Waals surface area contributed by atoms with E-state index in [9.17, 15) is 4.79 Å². The Morgan fingerprint density at radius 2 is 1.74 bits per heavy atom. The topological polar surface area (TPSA) is 59.2 Å². The maximum absolute atomic E-state index is 12.6. The molecule has 0 radical (unpaired) electrons. The van der Waals surface area contributed by atoms with Gasteiger partial charge in [-0.15, -0.1) is 0 Å². The molecule has 1 unspecified atom stereocenters. The van der Waals surface area contributed by atoms with Crippen molar-refractivity contribution in [3.8, 4) is 11.4 Å². The zero-order chi connectivity index (χ0) is 19.1. The van der Waals surface area contributed by atoms with Gasteiger partial charge in [-0.1, -0.05) is 40.5 Å². The van der Waals surface area contributed by atoms with Crippen molar-refractivity contribution in [1.82, 2.24) is 10.1 Å². The Balaban J connectivity index is 1.60. The van der Waals surface area contributed by atoms with Gasteiger partial charge in [0.15, 0.2) is 0 Å². The third-order valence-electron chi connectivity index (χ3n) is 5.19. The summed E-state index contributed by atoms with van der Waals surface area (Å²) in [6.07, 6.45) is 0.391. The molecule has 3 aromatic rings. The number of aryl methyl sites for hydroxylation is 4. The lowest BCUT2D eigenvalue weighted by atomic mass is 10.1. The molecule has 1 fully saturated rings. The fraction of sp³-hybridized carbons (Fsp3) is 0.318. The molecule has 1 aliphatic heterocycles. The molecule has 0 spiro atoms. The van der Waals surface area contributed by atoms with E-state index in [0.29, 0.717) is 24.7 Å². The quantitative estimate of drug-likeness (QED) is 0.690. The molecule has 4 rings (SSSR count). The zero-order valence-electron chi connectivity index (χ0n) is 16.1. The first kappa shape index (κ1) is 17.5. The van der Waals surface area contributed by atoms with Crippen LogP contribution in [0.5, 0.6) is 0 Å². The monoisotopic (exact) mass is 361 g/mol. The van der Waals surface area contributed by atoms with Crippen LogP contribution < -0.4 is 4.90 Å². The molecule has 2 heterocycles. The van der Waals surface area contributed by atoms with Crippen LogP contribution in [0.3, 0.4) is 0 Å². The van der Waals surface area contributed by atoms with Crippen molar-refractivity contribution in [2.75, 3.05) is 11.4 Å². The highest BCUT2D eigenvalue weighted by atomic mass is 16.5. The Kier molecular flexibility index (Phi) is 4.30. The van der Waals surface area contributed by atoms with Crippen molar-refractivity contribution >= 4 is 11.6 Å². The van der Waals surface area contributed by atoms with Crippen LogP contribution in [-0.2, 0) is 4.79 Å². The SMILES string of the molecule is Cc1ccc(N2CC(c3nc(-c4cc(C)ccc4C)no3)CC2=O)c(C)c1. The molecule has 5 heteroatoms. The standard InChI is InChI=1S/C22H23N3O2/c1-13-6-8-19(16(4)9-13)25-12-17(11-20(25)26)22-23-21(24-27-22)18-10-14(2)5-7-15(18)3/h5-10,17H,11-12H2,1-4H3. The van der Waals surface area contributed by atoms with Crippen LogP contribution in [0, 0.1) is 27.7 Å². The van der Waals surface area contributed by atoms with Crippen molar-refractivity contribution in [2.24, 2.45) is 0 Å². The van der Waals surface area contributed by atoms with Crippen molar-refractivity contribution in [1.29, 1.82) is 0 Å². The molecule has 138 valence electrons. The molecule has 0 bridgehead atoms. The predicted octanol–water partition coefficient (Wildman–Crippen LogP) is 4.49. The number of benzene rings is 2. The highest BCUT2D eigenvalue weighted by molar-refractivity contribution is 5.97. The van der Waals surface area contributed by atoms with Crippen LogP contribution in [-0.4, -0.2) is 22.6 Å². The normalized spacial score (nSPS) is 17.0. The largest absolute Gasteiger partial charge is 0.339 e. The number of aromatic nitrogens is 2. The zero-order valence-corrected chi connectivity index (χ0v) is 16.1. The van der Waals surface area contributed by atoms with E-state index in [1.54, 1.807) is 0 Å². The number of rotatable bonds is 3. The van der Waals surface area contributed by atoms with Gasteiger partial charge in [0.2, 0.25) is 17.6 Å². The molecule has 1 amide bonds. The summed E-state index contributed by atoms with van der Waals surface area (Å²) in [4.78, 5) is 19.0. The van der Waals surface area contributed by atoms with Gasteiger partial charge in [-0.05, 0) is 51.0 Å². The van der Waals surface area contributed by atoms with E-state index >= 15 is 0 Å². The van der Waals surface area contributed by atoms with Gasteiger partial charge in [0.05, 0.1) is 5.92 Å². The molecular weight excluding hydrogens is 338 g/mol. The molecule has 5 nitrogen and oxygen atoms in total. The van der Waals surface area contributed by atoms with Crippen LogP contribution in [0.1, 0.15) is 40.5 Å². The first-order valence-corrected chi connectivity index (χ1v) is 9.21. The van der Waals surface area contributed by atoms with E-state index in [2.05, 4.69) is 41.3 Å². The lowest BCUT2D eigenvalue weighted by molar-refractivity contribution is -0.117. The van der Waals surface area contributed by atoms with Crippen LogP contribution >= 0.6 is 0 Å². The van der Waals surface area contributed by atoms with Gasteiger partial charge in [-0.3, -0.25) is 4.79 Å². The average molecular weight is 361 g/mol. The first-order chi connectivity index (χ1) is 12.9. The minimum absolute atomic E-state index is 0.0791. The first-order valence-electron chi connectivity index (χ1n) is 9.21. The molecule has 1 saturated heterocycles. The number of carbonyl (C=O) groups is 1. The van der Waals surface area contributed by atoms with Crippen LogP contribution in [0.4, 0.5) is 5.69 Å². The Morgan fingerprint density at radius 1 is 1.00 bits per heavy atom. The van der Waals surface area contributed by atoms with Crippen LogP contribution in [0.2, 0.25) is 0 Å². The number of hydrogen-bond donors (Lipinski definition) is 0. The molecule has 1 atom stereocenters. The van der Waals surface area contributed by atoms with Gasteiger partial charge >= 0.3 is 0 Å². The number of carbonyl (C=O) groups excluding carboxylic acids is 1. The van der Waals surface area contributed by atoms with Crippen molar-refractivity contribution in [3.05, 3.63) is 64.5 Å². The summed E-state index contributed by atoms with van der Waals surface area (Å²) in [7, 11) is 0. The summed E-state index contributed by atoms with van der Waals surface area (Å²) >= 11 is 0. The molecule has 1 aromatic heterocycles. The minimum Gasteiger partial charge on any atom is -0.339 e. The van der Waals surface area contributed by atoms with Crippen LogP contribution in [0.25, 0.3) is 11.4 Å². The van der Waals surface area contributed by atoms with E-state index in [4.69, 9.17) is 4.52 Å². The lowest BCUT2D eigenvalue weighted by Gasteiger charge is -2.19. The van der Waals surface area contributed by atoms with Gasteiger partial charge in [0.1, 0.15) is 0 Å². The van der Waals surface area contributed by atoms with E-state index in [0.717, 1.165) is 27.9 Å². The van der Waals surface area contributed by atoms with Gasteiger partial charge in [-0.25, -0.2) is 0 Å². The van der Waals surface area contributed by atoms with E-state index in [1.807, 2.05) is 37.8 Å². The maximum Gasteiger partial charge on any atom is 0.232 e. The van der Waals surface area contributed by atoms with Gasteiger partial charge in [0.25, 0.3) is 0 Å². The molecule has 1 aliphatic rings. The average Bonchev–Trinajstić information content (AvgIpc) is 3.24. The van der Waals surface area contributed by atoms with Crippen molar-refractivity contribution < 1.29 is 9.32 Å². The van der Waals surface area contributed by atoms with Gasteiger partial charge in [0, 0.05) is 24.2 Å². The Labute approximate surface area is 159 Å². The number of amides is 1. The van der Waals surface area contributed by atoms with Crippen molar-refractivity contribution in [3.63, 3.8) is 0 Å². The Bertz CT molecular complexity index is 1020. The van der Waals surface area contributed by atoms with E-state index in [1.165, 1.54) is 5.56 Å². The Morgan fingerprint density at radius 3 is 2.52 bits per heavy atom. The summed E-state index contributed by atoms with van der Waals surface area (Å²) in [5.41, 5.74) is 6.48. The summed E-state index contributed by atoms with van der Waals surface area (Å²) in [5.74, 6) is 1.14. The summed E-state index contributed by atoms with van der Waals surface area (Å²) < 4.78 is 5.54. The molecule has 0 saturated carbocycles. The molecule has 27 heavy (non-hydrogen) atoms. The second-order valence-electron chi connectivity index (χ2n) is 7.47. The summed E-state index contributed by atoms with van der Waals surface area (Å²) in [6.45, 7) is 8.73. The minimum atomic E-state index is -0.0791. The molecule has 0 N–H and O–H groups in total. The smallest absolute Gasteiger partial charge is 0.232 e. The fourth-order valence-corrected chi connectivity index (χ4v) is 3.70. The highest BCUT2D eigenvalue weighted by Crippen LogP contribution is 2.34. The molecule has 0 aliphatic carbocycles. The van der Waals surface area contributed by atoms with E-state index in [-0.39, 0.29) is 11.8 Å². The fourth-order valence-electron chi connectivity index (χ4n) is 3.70. The number of hydrogen-bond acceptors (Lipinski definition) is 4. The molecule has 2 aromatic carbocycles. The molecular formula is C22H23N3O2. The maximum atomic E-state index is 12.6. The number of nitrogens with zero attached hydrogens (tertiary/aromatic N) is 3. The van der Waals surface area contributed by atoms with E-state index < -0.39 is 0 Å².